The minimum atomic E-state index is 0.0211. The summed E-state index contributed by atoms with van der Waals surface area (Å²) in [7, 11) is 1.60. The van der Waals surface area contributed by atoms with Crippen molar-refractivity contribution >= 4 is 11.5 Å². The lowest BCUT2D eigenvalue weighted by Gasteiger charge is -2.11. The Morgan fingerprint density at radius 2 is 2.00 bits per heavy atom. The van der Waals surface area contributed by atoms with Crippen LogP contribution in [0.1, 0.15) is 26.6 Å². The van der Waals surface area contributed by atoms with Gasteiger partial charge in [-0.1, -0.05) is 20.8 Å². The van der Waals surface area contributed by atoms with Crippen LogP contribution in [0, 0.1) is 0 Å². The number of methoxy groups -OCH3 is 1. The van der Waals surface area contributed by atoms with E-state index < -0.39 is 0 Å². The monoisotopic (exact) mass is 172 g/mol. The van der Waals surface area contributed by atoms with Crippen LogP contribution in [-0.2, 0) is 5.41 Å². The molecule has 0 bridgehead atoms. The lowest BCUT2D eigenvalue weighted by Crippen LogP contribution is -2.12. The number of rotatable bonds is 1. The quantitative estimate of drug-likeness (QED) is 0.648. The number of hydrogen-bond donors (Lipinski definition) is 0. The number of ether oxygens (including phenoxy) is 1. The van der Waals surface area contributed by atoms with Crippen LogP contribution in [0.2, 0.25) is 0 Å². The topological polar surface area (TPSA) is 35.0 Å². The first-order valence-corrected chi connectivity index (χ1v) is 4.19. The summed E-state index contributed by atoms with van der Waals surface area (Å²) in [6.45, 7) is 6.23. The number of nitrogens with zero attached hydrogens (tertiary/aromatic N) is 2. The first kappa shape index (κ1) is 8.46. The molecule has 62 valence electrons. The molecule has 0 unspecified atom stereocenters. The fourth-order valence-corrected chi connectivity index (χ4v) is 1.28. The Labute approximate surface area is 70.6 Å². The highest BCUT2D eigenvalue weighted by atomic mass is 32.1. The Hall–Kier alpha value is -0.640. The molecule has 0 amide bonds. The summed E-state index contributed by atoms with van der Waals surface area (Å²) in [5, 5.41) is 0.634. The molecule has 1 rings (SSSR count). The molecule has 0 saturated heterocycles. The fourth-order valence-electron chi connectivity index (χ4n) is 0.597. The Morgan fingerprint density at radius 3 is 2.27 bits per heavy atom. The summed E-state index contributed by atoms with van der Waals surface area (Å²) >= 11 is 1.29. The van der Waals surface area contributed by atoms with Crippen molar-refractivity contribution in [2.45, 2.75) is 26.2 Å². The van der Waals surface area contributed by atoms with E-state index in [1.54, 1.807) is 7.11 Å². The SMILES string of the molecule is COc1nc(C(C)(C)C)ns1. The minimum absolute atomic E-state index is 0.0211. The predicted molar refractivity (Wildman–Crippen MR) is 45.2 cm³/mol. The molecule has 1 aromatic rings. The summed E-state index contributed by atoms with van der Waals surface area (Å²) in [6.07, 6.45) is 0. The zero-order valence-electron chi connectivity index (χ0n) is 7.21. The van der Waals surface area contributed by atoms with Crippen LogP contribution in [0.3, 0.4) is 0 Å². The van der Waals surface area contributed by atoms with Crippen molar-refractivity contribution in [3.05, 3.63) is 5.82 Å². The van der Waals surface area contributed by atoms with Crippen molar-refractivity contribution in [2.24, 2.45) is 0 Å². The lowest BCUT2D eigenvalue weighted by molar-refractivity contribution is 0.407. The second-order valence-corrected chi connectivity index (χ2v) is 4.05. The van der Waals surface area contributed by atoms with E-state index in [1.165, 1.54) is 11.5 Å². The highest BCUT2D eigenvalue weighted by Crippen LogP contribution is 2.23. The standard InChI is InChI=1S/C7H12N2OS/c1-7(2,3)5-8-6(10-4)11-9-5/h1-4H3. The van der Waals surface area contributed by atoms with Gasteiger partial charge in [-0.15, -0.1) is 0 Å². The molecular weight excluding hydrogens is 160 g/mol. The van der Waals surface area contributed by atoms with E-state index >= 15 is 0 Å². The van der Waals surface area contributed by atoms with Crippen molar-refractivity contribution in [2.75, 3.05) is 7.11 Å². The Morgan fingerprint density at radius 1 is 1.36 bits per heavy atom. The van der Waals surface area contributed by atoms with Gasteiger partial charge in [-0.25, -0.2) is 0 Å². The normalized spacial score (nSPS) is 11.6. The molecule has 0 fully saturated rings. The van der Waals surface area contributed by atoms with Crippen molar-refractivity contribution in [3.8, 4) is 5.19 Å². The second-order valence-electron chi connectivity index (χ2n) is 3.34. The molecule has 0 aromatic carbocycles. The third-order valence-corrected chi connectivity index (χ3v) is 1.93. The molecule has 0 aliphatic carbocycles. The van der Waals surface area contributed by atoms with E-state index in [4.69, 9.17) is 4.74 Å². The molecule has 0 aliphatic rings. The Bertz CT molecular complexity index is 239. The van der Waals surface area contributed by atoms with Gasteiger partial charge in [0.2, 0.25) is 0 Å². The van der Waals surface area contributed by atoms with E-state index in [9.17, 15) is 0 Å². The van der Waals surface area contributed by atoms with Gasteiger partial charge < -0.3 is 4.74 Å². The fraction of sp³-hybridized carbons (Fsp3) is 0.714. The summed E-state index contributed by atoms with van der Waals surface area (Å²) in [5.41, 5.74) is 0.0211. The van der Waals surface area contributed by atoms with Crippen molar-refractivity contribution in [3.63, 3.8) is 0 Å². The molecule has 4 heteroatoms. The van der Waals surface area contributed by atoms with Gasteiger partial charge in [-0.05, 0) is 0 Å². The van der Waals surface area contributed by atoms with Crippen molar-refractivity contribution < 1.29 is 4.74 Å². The maximum absolute atomic E-state index is 4.93. The highest BCUT2D eigenvalue weighted by Gasteiger charge is 2.19. The van der Waals surface area contributed by atoms with Gasteiger partial charge in [0.05, 0.1) is 7.11 Å². The smallest absolute Gasteiger partial charge is 0.292 e. The van der Waals surface area contributed by atoms with E-state index in [0.29, 0.717) is 5.19 Å². The Kier molecular flexibility index (Phi) is 2.13. The van der Waals surface area contributed by atoms with Crippen LogP contribution in [0.4, 0.5) is 0 Å². The highest BCUT2D eigenvalue weighted by molar-refractivity contribution is 7.07. The average molecular weight is 172 g/mol. The lowest BCUT2D eigenvalue weighted by atomic mass is 9.96. The summed E-state index contributed by atoms with van der Waals surface area (Å²) < 4.78 is 9.10. The zero-order chi connectivity index (χ0) is 8.48. The maximum Gasteiger partial charge on any atom is 0.292 e. The first-order chi connectivity index (χ1) is 5.04. The van der Waals surface area contributed by atoms with Gasteiger partial charge >= 0.3 is 0 Å². The molecule has 0 atom stereocenters. The molecule has 0 spiro atoms. The summed E-state index contributed by atoms with van der Waals surface area (Å²) in [4.78, 5) is 4.19. The molecule has 0 N–H and O–H groups in total. The molecule has 1 aromatic heterocycles. The minimum Gasteiger partial charge on any atom is -0.472 e. The van der Waals surface area contributed by atoms with Gasteiger partial charge in [-0.3, -0.25) is 0 Å². The second kappa shape index (κ2) is 2.77. The van der Waals surface area contributed by atoms with Crippen LogP contribution >= 0.6 is 11.5 Å². The van der Waals surface area contributed by atoms with Gasteiger partial charge in [0, 0.05) is 16.9 Å². The van der Waals surface area contributed by atoms with Gasteiger partial charge in [0.1, 0.15) is 0 Å². The van der Waals surface area contributed by atoms with Crippen LogP contribution in [0.15, 0.2) is 0 Å². The van der Waals surface area contributed by atoms with Crippen molar-refractivity contribution in [1.82, 2.24) is 9.36 Å². The molecule has 0 aliphatic heterocycles. The molecule has 3 nitrogen and oxygen atoms in total. The molecular formula is C7H12N2OS. The predicted octanol–water partition coefficient (Wildman–Crippen LogP) is 1.84. The zero-order valence-corrected chi connectivity index (χ0v) is 8.03. The molecule has 11 heavy (non-hydrogen) atoms. The number of hydrogen-bond acceptors (Lipinski definition) is 4. The summed E-state index contributed by atoms with van der Waals surface area (Å²) in [5.74, 6) is 0.847. The van der Waals surface area contributed by atoms with Gasteiger partial charge in [0.15, 0.2) is 5.82 Å². The third-order valence-electron chi connectivity index (χ3n) is 1.25. The third kappa shape index (κ3) is 1.89. The van der Waals surface area contributed by atoms with Gasteiger partial charge in [-0.2, -0.15) is 9.36 Å². The Balaban J connectivity index is 2.89. The van der Waals surface area contributed by atoms with E-state index in [2.05, 4.69) is 30.1 Å². The van der Waals surface area contributed by atoms with E-state index in [-0.39, 0.29) is 5.41 Å². The molecule has 0 saturated carbocycles. The summed E-state index contributed by atoms with van der Waals surface area (Å²) in [6, 6.07) is 0. The van der Waals surface area contributed by atoms with Crippen LogP contribution in [-0.4, -0.2) is 16.5 Å². The number of aromatic nitrogens is 2. The van der Waals surface area contributed by atoms with Crippen LogP contribution in [0.25, 0.3) is 0 Å². The van der Waals surface area contributed by atoms with Gasteiger partial charge in [0.25, 0.3) is 5.19 Å². The van der Waals surface area contributed by atoms with Crippen LogP contribution in [0.5, 0.6) is 5.19 Å². The van der Waals surface area contributed by atoms with E-state index in [1.807, 2.05) is 0 Å². The maximum atomic E-state index is 4.93. The first-order valence-electron chi connectivity index (χ1n) is 3.42. The van der Waals surface area contributed by atoms with Crippen LogP contribution < -0.4 is 4.74 Å². The largest absolute Gasteiger partial charge is 0.472 e. The van der Waals surface area contributed by atoms with Crippen molar-refractivity contribution in [1.29, 1.82) is 0 Å². The van der Waals surface area contributed by atoms with E-state index in [0.717, 1.165) is 5.82 Å². The molecule has 1 heterocycles. The average Bonchev–Trinajstić information content (AvgIpc) is 2.32. The molecule has 0 radical (unpaired) electrons.